The lowest BCUT2D eigenvalue weighted by molar-refractivity contribution is -0.123. The third-order valence-corrected chi connectivity index (χ3v) is 5.51. The first-order chi connectivity index (χ1) is 18.1. The molecule has 0 atom stereocenters. The molecule has 0 saturated heterocycles. The number of hydrogen-bond donors (Lipinski definition) is 1. The second-order valence-corrected chi connectivity index (χ2v) is 8.68. The lowest BCUT2D eigenvalue weighted by atomic mass is 10.2. The summed E-state index contributed by atoms with van der Waals surface area (Å²) in [4.78, 5) is 24.6. The van der Waals surface area contributed by atoms with E-state index >= 15 is 0 Å². The van der Waals surface area contributed by atoms with E-state index in [4.69, 9.17) is 14.2 Å². The monoisotopic (exact) mass is 558 g/mol. The van der Waals surface area contributed by atoms with E-state index in [-0.39, 0.29) is 6.61 Å². The quantitative estimate of drug-likeness (QED) is 0.115. The van der Waals surface area contributed by atoms with Crippen molar-refractivity contribution in [1.82, 2.24) is 5.43 Å². The van der Waals surface area contributed by atoms with E-state index in [1.165, 1.54) is 6.21 Å². The second kappa shape index (κ2) is 13.0. The van der Waals surface area contributed by atoms with Gasteiger partial charge in [-0.3, -0.25) is 4.79 Å². The van der Waals surface area contributed by atoms with Crippen molar-refractivity contribution in [3.05, 3.63) is 124 Å². The van der Waals surface area contributed by atoms with Gasteiger partial charge in [0.05, 0.1) is 11.8 Å². The summed E-state index contributed by atoms with van der Waals surface area (Å²) in [6.07, 6.45) is 1.40. The summed E-state index contributed by atoms with van der Waals surface area (Å²) in [5, 5.41) is 3.97. The molecule has 186 valence electrons. The standard InChI is InChI=1S/C29H23BrN2O5/c30-24-11-16-27(37-29(34)22-9-5-2-6-10-22)23(17-24)18-31-32-28(33)20-36-26-14-12-25(13-15-26)35-19-21-7-3-1-4-8-21/h1-18H,19-20H2,(H,32,33). The molecule has 4 aromatic carbocycles. The number of nitrogens with zero attached hydrogens (tertiary/aromatic N) is 1. The van der Waals surface area contributed by atoms with Gasteiger partial charge in [0, 0.05) is 10.0 Å². The molecule has 0 aliphatic heterocycles. The van der Waals surface area contributed by atoms with Crippen molar-refractivity contribution in [2.75, 3.05) is 6.61 Å². The molecule has 0 spiro atoms. The number of esters is 1. The lowest BCUT2D eigenvalue weighted by Gasteiger charge is -2.09. The van der Waals surface area contributed by atoms with Gasteiger partial charge in [-0.1, -0.05) is 64.5 Å². The number of ether oxygens (including phenoxy) is 3. The van der Waals surface area contributed by atoms with Gasteiger partial charge >= 0.3 is 5.97 Å². The average molecular weight is 559 g/mol. The predicted molar refractivity (Wildman–Crippen MR) is 144 cm³/mol. The zero-order chi connectivity index (χ0) is 25.9. The maximum absolute atomic E-state index is 12.4. The zero-order valence-electron chi connectivity index (χ0n) is 19.7. The highest BCUT2D eigenvalue weighted by Crippen LogP contribution is 2.23. The Morgan fingerprint density at radius 3 is 2.16 bits per heavy atom. The fraction of sp³-hybridized carbons (Fsp3) is 0.0690. The van der Waals surface area contributed by atoms with Crippen LogP contribution in [0.5, 0.6) is 17.2 Å². The minimum Gasteiger partial charge on any atom is -0.489 e. The Labute approximate surface area is 222 Å². The number of carbonyl (C=O) groups is 2. The summed E-state index contributed by atoms with van der Waals surface area (Å²) in [6, 6.07) is 30.7. The lowest BCUT2D eigenvalue weighted by Crippen LogP contribution is -2.24. The van der Waals surface area contributed by atoms with Crippen molar-refractivity contribution in [3.8, 4) is 17.2 Å². The van der Waals surface area contributed by atoms with Crippen LogP contribution in [0.1, 0.15) is 21.5 Å². The van der Waals surface area contributed by atoms with Crippen LogP contribution in [0.15, 0.2) is 113 Å². The molecule has 0 fully saturated rings. The SMILES string of the molecule is O=C(COc1ccc(OCc2ccccc2)cc1)NN=Cc1cc(Br)ccc1OC(=O)c1ccccc1. The smallest absolute Gasteiger partial charge is 0.343 e. The maximum atomic E-state index is 12.4. The van der Waals surface area contributed by atoms with E-state index in [1.807, 2.05) is 36.4 Å². The van der Waals surface area contributed by atoms with Crippen LogP contribution in [-0.2, 0) is 11.4 Å². The molecule has 7 nitrogen and oxygen atoms in total. The summed E-state index contributed by atoms with van der Waals surface area (Å²) in [5.41, 5.74) is 4.41. The number of hydrogen-bond acceptors (Lipinski definition) is 6. The molecule has 0 heterocycles. The third kappa shape index (κ3) is 8.05. The van der Waals surface area contributed by atoms with E-state index in [1.54, 1.807) is 66.7 Å². The van der Waals surface area contributed by atoms with Crippen LogP contribution < -0.4 is 19.6 Å². The fourth-order valence-electron chi connectivity index (χ4n) is 3.17. The maximum Gasteiger partial charge on any atom is 0.343 e. The molecule has 4 rings (SSSR count). The summed E-state index contributed by atoms with van der Waals surface area (Å²) < 4.78 is 17.5. The number of halogens is 1. The van der Waals surface area contributed by atoms with Crippen molar-refractivity contribution in [2.45, 2.75) is 6.61 Å². The molecule has 1 N–H and O–H groups in total. The highest BCUT2D eigenvalue weighted by Gasteiger charge is 2.11. The van der Waals surface area contributed by atoms with E-state index < -0.39 is 11.9 Å². The molecule has 0 bridgehead atoms. The topological polar surface area (TPSA) is 86.2 Å². The summed E-state index contributed by atoms with van der Waals surface area (Å²) in [6.45, 7) is 0.239. The molecule has 0 unspecified atom stereocenters. The summed E-state index contributed by atoms with van der Waals surface area (Å²) >= 11 is 3.39. The Bertz CT molecular complexity index is 1360. The van der Waals surface area contributed by atoms with Crippen LogP contribution >= 0.6 is 15.9 Å². The number of carbonyl (C=O) groups excluding carboxylic acids is 2. The minimum absolute atomic E-state index is 0.226. The highest BCUT2D eigenvalue weighted by atomic mass is 79.9. The Morgan fingerprint density at radius 1 is 0.811 bits per heavy atom. The molecular formula is C29H23BrN2O5. The first-order valence-corrected chi connectivity index (χ1v) is 12.1. The molecule has 0 aliphatic carbocycles. The second-order valence-electron chi connectivity index (χ2n) is 7.77. The molecule has 1 amide bonds. The van der Waals surface area contributed by atoms with Crippen LogP contribution in [0.3, 0.4) is 0 Å². The van der Waals surface area contributed by atoms with Gasteiger partial charge in [0.15, 0.2) is 6.61 Å². The van der Waals surface area contributed by atoms with Gasteiger partial charge in [-0.25, -0.2) is 10.2 Å². The van der Waals surface area contributed by atoms with Crippen LogP contribution in [-0.4, -0.2) is 24.7 Å². The Kier molecular flexibility index (Phi) is 9.04. The molecule has 8 heteroatoms. The van der Waals surface area contributed by atoms with Gasteiger partial charge in [0.1, 0.15) is 23.9 Å². The van der Waals surface area contributed by atoms with E-state index in [2.05, 4.69) is 26.5 Å². The highest BCUT2D eigenvalue weighted by molar-refractivity contribution is 9.10. The largest absolute Gasteiger partial charge is 0.489 e. The van der Waals surface area contributed by atoms with Gasteiger partial charge < -0.3 is 14.2 Å². The van der Waals surface area contributed by atoms with Crippen LogP contribution in [0.25, 0.3) is 0 Å². The van der Waals surface area contributed by atoms with Crippen molar-refractivity contribution in [2.24, 2.45) is 5.10 Å². The predicted octanol–water partition coefficient (Wildman–Crippen LogP) is 5.78. The van der Waals surface area contributed by atoms with Crippen LogP contribution in [0.4, 0.5) is 0 Å². The number of amides is 1. The Hall–Kier alpha value is -4.43. The Balaban J connectivity index is 1.26. The molecule has 0 aliphatic rings. The number of hydrazone groups is 1. The molecular weight excluding hydrogens is 536 g/mol. The fourth-order valence-corrected chi connectivity index (χ4v) is 3.55. The summed E-state index contributed by atoms with van der Waals surface area (Å²) in [5.74, 6) is 0.585. The third-order valence-electron chi connectivity index (χ3n) is 5.02. The van der Waals surface area contributed by atoms with Gasteiger partial charge in [-0.05, 0) is 60.2 Å². The molecule has 0 radical (unpaired) electrons. The van der Waals surface area contributed by atoms with Crippen molar-refractivity contribution in [1.29, 1.82) is 0 Å². The van der Waals surface area contributed by atoms with Gasteiger partial charge in [-0.15, -0.1) is 0 Å². The zero-order valence-corrected chi connectivity index (χ0v) is 21.3. The van der Waals surface area contributed by atoms with E-state index in [9.17, 15) is 9.59 Å². The Morgan fingerprint density at radius 2 is 1.46 bits per heavy atom. The van der Waals surface area contributed by atoms with Crippen molar-refractivity contribution in [3.63, 3.8) is 0 Å². The van der Waals surface area contributed by atoms with Gasteiger partial charge in [-0.2, -0.15) is 5.10 Å². The van der Waals surface area contributed by atoms with Crippen LogP contribution in [0.2, 0.25) is 0 Å². The number of nitrogens with one attached hydrogen (secondary N) is 1. The molecule has 37 heavy (non-hydrogen) atoms. The minimum atomic E-state index is -0.494. The normalized spacial score (nSPS) is 10.6. The van der Waals surface area contributed by atoms with Crippen LogP contribution in [0, 0.1) is 0 Å². The van der Waals surface area contributed by atoms with Gasteiger partial charge in [0.25, 0.3) is 5.91 Å². The first-order valence-electron chi connectivity index (χ1n) is 11.3. The molecule has 0 aromatic heterocycles. The molecule has 4 aromatic rings. The first kappa shape index (κ1) is 25.7. The van der Waals surface area contributed by atoms with Gasteiger partial charge in [0.2, 0.25) is 0 Å². The number of rotatable bonds is 10. The van der Waals surface area contributed by atoms with Crippen molar-refractivity contribution >= 4 is 34.0 Å². The average Bonchev–Trinajstić information content (AvgIpc) is 2.93. The van der Waals surface area contributed by atoms with Crippen molar-refractivity contribution < 1.29 is 23.8 Å². The number of benzene rings is 4. The van der Waals surface area contributed by atoms with E-state index in [0.29, 0.717) is 35.0 Å². The van der Waals surface area contributed by atoms with E-state index in [0.717, 1.165) is 10.0 Å². The molecule has 0 saturated carbocycles. The summed E-state index contributed by atoms with van der Waals surface area (Å²) in [7, 11) is 0.